The van der Waals surface area contributed by atoms with Gasteiger partial charge in [-0.2, -0.15) is 0 Å². The molecule has 5 nitrogen and oxygen atoms in total. The normalized spacial score (nSPS) is 18.5. The lowest BCUT2D eigenvalue weighted by Gasteiger charge is -2.30. The molecule has 1 aromatic heterocycles. The zero-order valence-electron chi connectivity index (χ0n) is 14.0. The number of nitrogens with one attached hydrogen (secondary N) is 1. The summed E-state index contributed by atoms with van der Waals surface area (Å²) >= 11 is 2.90. The Morgan fingerprint density at radius 3 is 2.83 bits per heavy atom. The van der Waals surface area contributed by atoms with Gasteiger partial charge in [0.2, 0.25) is 5.13 Å². The number of nitrogens with zero attached hydrogens (tertiary/aromatic N) is 3. The first-order chi connectivity index (χ1) is 11.6. The van der Waals surface area contributed by atoms with E-state index in [1.165, 1.54) is 48.0 Å². The molecule has 2 heterocycles. The van der Waals surface area contributed by atoms with Gasteiger partial charge >= 0.3 is 0 Å². The molecule has 0 saturated carbocycles. The zero-order valence-corrected chi connectivity index (χ0v) is 15.6. The Bertz CT molecular complexity index is 686. The number of rotatable bonds is 5. The van der Waals surface area contributed by atoms with Crippen molar-refractivity contribution in [1.82, 2.24) is 15.1 Å². The van der Waals surface area contributed by atoms with Crippen LogP contribution < -0.4 is 5.32 Å². The van der Waals surface area contributed by atoms with Crippen molar-refractivity contribution in [3.8, 4) is 0 Å². The topological polar surface area (TPSA) is 58.1 Å². The van der Waals surface area contributed by atoms with E-state index < -0.39 is 0 Å². The van der Waals surface area contributed by atoms with Gasteiger partial charge in [-0.3, -0.25) is 15.0 Å². The SMILES string of the molecule is CSc1nnc(NC(=O)c2ccc(CN3CCCC(C)C3)cc2)s1. The molecule has 2 aromatic rings. The van der Waals surface area contributed by atoms with Crippen LogP contribution in [-0.4, -0.2) is 40.3 Å². The molecule has 128 valence electrons. The molecule has 1 atom stereocenters. The van der Waals surface area contributed by atoms with Crippen LogP contribution in [0.2, 0.25) is 0 Å². The van der Waals surface area contributed by atoms with E-state index in [2.05, 4.69) is 27.3 Å². The third-order valence-electron chi connectivity index (χ3n) is 4.16. The van der Waals surface area contributed by atoms with Crippen molar-refractivity contribution in [2.75, 3.05) is 24.7 Å². The van der Waals surface area contributed by atoms with E-state index in [1.807, 2.05) is 30.5 Å². The minimum Gasteiger partial charge on any atom is -0.299 e. The van der Waals surface area contributed by atoms with Crippen molar-refractivity contribution in [2.24, 2.45) is 5.92 Å². The van der Waals surface area contributed by atoms with Crippen LogP contribution in [0, 0.1) is 5.92 Å². The number of likely N-dealkylation sites (tertiary alicyclic amines) is 1. The Morgan fingerprint density at radius 2 is 2.17 bits per heavy atom. The monoisotopic (exact) mass is 362 g/mol. The first-order valence-corrected chi connectivity index (χ1v) is 10.2. The lowest BCUT2D eigenvalue weighted by atomic mass is 9.99. The minimum absolute atomic E-state index is 0.142. The van der Waals surface area contributed by atoms with Gasteiger partial charge in [-0.25, -0.2) is 0 Å². The predicted molar refractivity (Wildman–Crippen MR) is 99.8 cm³/mol. The smallest absolute Gasteiger partial charge is 0.257 e. The van der Waals surface area contributed by atoms with Crippen LogP contribution in [0.25, 0.3) is 0 Å². The largest absolute Gasteiger partial charge is 0.299 e. The van der Waals surface area contributed by atoms with Gasteiger partial charge in [-0.15, -0.1) is 10.2 Å². The highest BCUT2D eigenvalue weighted by molar-refractivity contribution is 8.00. The first kappa shape index (κ1) is 17.4. The molecule has 1 N–H and O–H groups in total. The summed E-state index contributed by atoms with van der Waals surface area (Å²) in [5, 5.41) is 11.3. The van der Waals surface area contributed by atoms with Crippen molar-refractivity contribution in [1.29, 1.82) is 0 Å². The number of carbonyl (C=O) groups excluding carboxylic acids is 1. The van der Waals surface area contributed by atoms with Gasteiger partial charge in [0.1, 0.15) is 0 Å². The molecule has 0 aliphatic carbocycles. The number of carbonyl (C=O) groups is 1. The number of amides is 1. The Kier molecular flexibility index (Phi) is 5.86. The average Bonchev–Trinajstić information content (AvgIpc) is 3.03. The Labute approximate surface area is 150 Å². The second kappa shape index (κ2) is 8.09. The van der Waals surface area contributed by atoms with Crippen molar-refractivity contribution in [2.45, 2.75) is 30.6 Å². The van der Waals surface area contributed by atoms with Crippen LogP contribution in [-0.2, 0) is 6.54 Å². The third-order valence-corrected chi connectivity index (χ3v) is 5.98. The molecule has 0 radical (unpaired) electrons. The van der Waals surface area contributed by atoms with Gasteiger partial charge in [0.25, 0.3) is 5.91 Å². The number of hydrogen-bond donors (Lipinski definition) is 1. The van der Waals surface area contributed by atoms with Gasteiger partial charge in [0, 0.05) is 18.7 Å². The maximum Gasteiger partial charge on any atom is 0.257 e. The third kappa shape index (κ3) is 4.55. The van der Waals surface area contributed by atoms with Crippen LogP contribution in [0.1, 0.15) is 35.7 Å². The molecule has 1 aliphatic heterocycles. The Morgan fingerprint density at radius 1 is 1.38 bits per heavy atom. The van der Waals surface area contributed by atoms with E-state index in [4.69, 9.17) is 0 Å². The molecular weight excluding hydrogens is 340 g/mol. The molecule has 3 rings (SSSR count). The van der Waals surface area contributed by atoms with Gasteiger partial charge in [0.15, 0.2) is 4.34 Å². The molecule has 1 fully saturated rings. The van der Waals surface area contributed by atoms with Gasteiger partial charge in [0.05, 0.1) is 0 Å². The average molecular weight is 363 g/mol. The summed E-state index contributed by atoms with van der Waals surface area (Å²) in [5.74, 6) is 0.638. The van der Waals surface area contributed by atoms with Crippen molar-refractivity contribution < 1.29 is 4.79 Å². The quantitative estimate of drug-likeness (QED) is 0.648. The molecule has 1 unspecified atom stereocenters. The summed E-state index contributed by atoms with van der Waals surface area (Å²) in [6.07, 6.45) is 4.55. The molecule has 1 saturated heterocycles. The molecular formula is C17H22N4OS2. The van der Waals surface area contributed by atoms with Crippen molar-refractivity contribution in [3.05, 3.63) is 35.4 Å². The highest BCUT2D eigenvalue weighted by Gasteiger charge is 2.16. The van der Waals surface area contributed by atoms with E-state index in [9.17, 15) is 4.79 Å². The number of piperidine rings is 1. The molecule has 0 spiro atoms. The lowest BCUT2D eigenvalue weighted by molar-refractivity contribution is 0.102. The maximum absolute atomic E-state index is 12.3. The molecule has 1 aromatic carbocycles. The van der Waals surface area contributed by atoms with Gasteiger partial charge in [-0.05, 0) is 49.3 Å². The summed E-state index contributed by atoms with van der Waals surface area (Å²) in [6, 6.07) is 7.85. The zero-order chi connectivity index (χ0) is 16.9. The number of benzene rings is 1. The van der Waals surface area contributed by atoms with Crippen LogP contribution in [0.3, 0.4) is 0 Å². The number of anilines is 1. The molecule has 24 heavy (non-hydrogen) atoms. The van der Waals surface area contributed by atoms with E-state index in [1.54, 1.807) is 0 Å². The van der Waals surface area contributed by atoms with Crippen molar-refractivity contribution >= 4 is 34.1 Å². The standard InChI is InChI=1S/C17H22N4OS2/c1-12-4-3-9-21(10-12)11-13-5-7-14(8-6-13)15(22)18-16-19-20-17(23-2)24-16/h5-8,12H,3-4,9-11H2,1-2H3,(H,18,19,22). The highest BCUT2D eigenvalue weighted by Crippen LogP contribution is 2.23. The fraction of sp³-hybridized carbons (Fsp3) is 0.471. The van der Waals surface area contributed by atoms with Gasteiger partial charge < -0.3 is 0 Å². The van der Waals surface area contributed by atoms with E-state index >= 15 is 0 Å². The molecule has 7 heteroatoms. The van der Waals surface area contributed by atoms with Crippen LogP contribution >= 0.6 is 23.1 Å². The molecule has 1 aliphatic rings. The molecule has 0 bridgehead atoms. The highest BCUT2D eigenvalue weighted by atomic mass is 32.2. The Hall–Kier alpha value is -1.44. The minimum atomic E-state index is -0.142. The second-order valence-corrected chi connectivity index (χ2v) is 8.24. The van der Waals surface area contributed by atoms with Crippen LogP contribution in [0.15, 0.2) is 28.6 Å². The molecule has 1 amide bonds. The number of hydrogen-bond acceptors (Lipinski definition) is 6. The lowest BCUT2D eigenvalue weighted by Crippen LogP contribution is -2.33. The van der Waals surface area contributed by atoms with E-state index in [-0.39, 0.29) is 5.91 Å². The maximum atomic E-state index is 12.3. The number of aromatic nitrogens is 2. The first-order valence-electron chi connectivity index (χ1n) is 8.14. The van der Waals surface area contributed by atoms with Crippen LogP contribution in [0.5, 0.6) is 0 Å². The summed E-state index contributed by atoms with van der Waals surface area (Å²) in [7, 11) is 0. The number of thioether (sulfide) groups is 1. The second-order valence-electron chi connectivity index (χ2n) is 6.21. The van der Waals surface area contributed by atoms with Crippen molar-refractivity contribution in [3.63, 3.8) is 0 Å². The fourth-order valence-electron chi connectivity index (χ4n) is 2.96. The Balaban J connectivity index is 1.58. The summed E-state index contributed by atoms with van der Waals surface area (Å²) < 4.78 is 0.844. The fourth-order valence-corrected chi connectivity index (χ4v) is 4.13. The van der Waals surface area contributed by atoms with Gasteiger partial charge in [-0.1, -0.05) is 42.2 Å². The van der Waals surface area contributed by atoms with E-state index in [0.717, 1.165) is 23.3 Å². The van der Waals surface area contributed by atoms with E-state index in [0.29, 0.717) is 10.7 Å². The van der Waals surface area contributed by atoms with Crippen LogP contribution in [0.4, 0.5) is 5.13 Å². The predicted octanol–water partition coefficient (Wildman–Crippen LogP) is 3.74. The summed E-state index contributed by atoms with van der Waals surface area (Å²) in [4.78, 5) is 14.8. The summed E-state index contributed by atoms with van der Waals surface area (Å²) in [6.45, 7) is 5.60. The summed E-state index contributed by atoms with van der Waals surface area (Å²) in [5.41, 5.74) is 1.90.